The van der Waals surface area contributed by atoms with Gasteiger partial charge in [-0.05, 0) is 40.6 Å². The molecule has 0 saturated carbocycles. The lowest BCUT2D eigenvalue weighted by molar-refractivity contribution is 0.560. The molecule has 0 aliphatic carbocycles. The van der Waals surface area contributed by atoms with Gasteiger partial charge in [0.15, 0.2) is 5.65 Å². The second-order valence-corrected chi connectivity index (χ2v) is 8.68. The fourth-order valence-corrected chi connectivity index (χ4v) is 4.69. The van der Waals surface area contributed by atoms with Crippen LogP contribution in [0.5, 0.6) is 0 Å². The maximum absolute atomic E-state index is 13.7. The van der Waals surface area contributed by atoms with Gasteiger partial charge in [0.1, 0.15) is 15.8 Å². The number of aromatic nitrogens is 6. The largest absolute Gasteiger partial charge is 0.383 e. The Balaban J connectivity index is 1.69. The third-order valence-electron chi connectivity index (χ3n) is 5.60. The summed E-state index contributed by atoms with van der Waals surface area (Å²) in [6, 6.07) is 19.1. The highest BCUT2D eigenvalue weighted by molar-refractivity contribution is 14.1. The third kappa shape index (κ3) is 3.88. The summed E-state index contributed by atoms with van der Waals surface area (Å²) in [6.45, 7) is 2.37. The van der Waals surface area contributed by atoms with Crippen molar-refractivity contribution in [3.63, 3.8) is 0 Å². The number of nitrogens with two attached hydrogens (primary N) is 1. The van der Waals surface area contributed by atoms with Gasteiger partial charge >= 0.3 is 0 Å². The monoisotopic (exact) mass is 549 g/mol. The van der Waals surface area contributed by atoms with E-state index in [0.29, 0.717) is 32.7 Å². The van der Waals surface area contributed by atoms with E-state index in [2.05, 4.69) is 42.8 Å². The number of hydrogen-bond donors (Lipinski definition) is 1. The molecular weight excluding hydrogens is 529 g/mol. The Morgan fingerprint density at radius 1 is 1.03 bits per heavy atom. The van der Waals surface area contributed by atoms with E-state index in [-0.39, 0.29) is 11.6 Å². The van der Waals surface area contributed by atoms with Crippen LogP contribution in [0.25, 0.3) is 22.2 Å². The normalized spacial score (nSPS) is 12.2. The lowest BCUT2D eigenvalue weighted by atomic mass is 9.98. The van der Waals surface area contributed by atoms with E-state index in [1.807, 2.05) is 67.6 Å². The number of hydrogen-bond acceptors (Lipinski definition) is 6. The summed E-state index contributed by atoms with van der Waals surface area (Å²) in [5.74, 6) is 0.377. The summed E-state index contributed by atoms with van der Waals surface area (Å²) in [6.07, 6.45) is 3.18. The predicted molar refractivity (Wildman–Crippen MR) is 136 cm³/mol. The van der Waals surface area contributed by atoms with Gasteiger partial charge in [-0.2, -0.15) is 10.2 Å². The van der Waals surface area contributed by atoms with E-state index >= 15 is 0 Å². The smallest absolute Gasteiger partial charge is 0.275 e. The molecule has 0 spiro atoms. The Kier molecular flexibility index (Phi) is 5.63. The van der Waals surface area contributed by atoms with Crippen LogP contribution in [0.4, 0.5) is 5.82 Å². The zero-order valence-corrected chi connectivity index (χ0v) is 19.9. The molecule has 0 saturated heterocycles. The highest BCUT2D eigenvalue weighted by Crippen LogP contribution is 2.31. The molecule has 33 heavy (non-hydrogen) atoms. The minimum Gasteiger partial charge on any atom is -0.383 e. The Morgan fingerprint density at radius 2 is 1.73 bits per heavy atom. The number of halogens is 1. The Labute approximate surface area is 203 Å². The van der Waals surface area contributed by atoms with Crippen LogP contribution in [0.1, 0.15) is 24.1 Å². The zero-order valence-electron chi connectivity index (χ0n) is 17.8. The summed E-state index contributed by atoms with van der Waals surface area (Å²) in [5, 5.41) is 9.89. The van der Waals surface area contributed by atoms with Crippen molar-refractivity contribution in [2.75, 3.05) is 5.73 Å². The van der Waals surface area contributed by atoms with Gasteiger partial charge in [0, 0.05) is 5.56 Å². The molecule has 2 N–H and O–H groups in total. The third-order valence-corrected chi connectivity index (χ3v) is 6.36. The molecular formula is C24H20IN7O. The minimum absolute atomic E-state index is 0.158. The van der Waals surface area contributed by atoms with E-state index in [1.165, 1.54) is 11.0 Å². The summed E-state index contributed by atoms with van der Waals surface area (Å²) in [7, 11) is 0. The van der Waals surface area contributed by atoms with Crippen LogP contribution in [-0.4, -0.2) is 29.5 Å². The highest BCUT2D eigenvalue weighted by atomic mass is 127. The molecule has 0 radical (unpaired) electrons. The SMILES string of the molecule is CC(c1cnn(Cc2ccccc2)c(=O)c1-c1ccccc1)n1nc(I)c2c(N)ncnc21. The van der Waals surface area contributed by atoms with E-state index in [4.69, 9.17) is 5.73 Å². The maximum atomic E-state index is 13.7. The van der Waals surface area contributed by atoms with Gasteiger partial charge < -0.3 is 5.73 Å². The van der Waals surface area contributed by atoms with Gasteiger partial charge in [0.25, 0.3) is 5.56 Å². The van der Waals surface area contributed by atoms with Crippen molar-refractivity contribution in [3.8, 4) is 11.1 Å². The molecule has 164 valence electrons. The van der Waals surface area contributed by atoms with E-state index in [0.717, 1.165) is 16.7 Å². The Hall–Kier alpha value is -3.60. The van der Waals surface area contributed by atoms with Crippen LogP contribution in [0.2, 0.25) is 0 Å². The molecule has 0 fully saturated rings. The molecule has 9 heteroatoms. The highest BCUT2D eigenvalue weighted by Gasteiger charge is 2.23. The summed E-state index contributed by atoms with van der Waals surface area (Å²) < 4.78 is 3.98. The van der Waals surface area contributed by atoms with Crippen molar-refractivity contribution in [2.24, 2.45) is 0 Å². The summed E-state index contributed by atoms with van der Waals surface area (Å²) >= 11 is 2.13. The number of nitrogens with zero attached hydrogens (tertiary/aromatic N) is 6. The fraction of sp³-hybridized carbons (Fsp3) is 0.125. The van der Waals surface area contributed by atoms with Crippen molar-refractivity contribution in [1.82, 2.24) is 29.5 Å². The van der Waals surface area contributed by atoms with Gasteiger partial charge in [0.2, 0.25) is 0 Å². The van der Waals surface area contributed by atoms with Crippen molar-refractivity contribution in [2.45, 2.75) is 19.5 Å². The average Bonchev–Trinajstić information content (AvgIpc) is 3.18. The fourth-order valence-electron chi connectivity index (χ4n) is 3.94. The lowest BCUT2D eigenvalue weighted by Crippen LogP contribution is -2.27. The molecule has 1 atom stereocenters. The number of nitrogen functional groups attached to an aromatic ring is 1. The number of anilines is 1. The predicted octanol–water partition coefficient (Wildman–Crippen LogP) is 3.89. The summed E-state index contributed by atoms with van der Waals surface area (Å²) in [4.78, 5) is 22.2. The quantitative estimate of drug-likeness (QED) is 0.334. The molecule has 5 aromatic rings. The number of fused-ring (bicyclic) bond motifs is 1. The van der Waals surface area contributed by atoms with Crippen LogP contribution in [-0.2, 0) is 6.54 Å². The van der Waals surface area contributed by atoms with Gasteiger partial charge in [-0.1, -0.05) is 60.7 Å². The standard InChI is InChI=1S/C24H20IN7O/c1-15(32-23-20(21(25)30-32)22(26)27-14-28-23)18-12-29-31(13-16-8-4-2-5-9-16)24(33)19(18)17-10-6-3-7-11-17/h2-12,14-15H,13H2,1H3,(H2,26,27,28). The first-order valence-corrected chi connectivity index (χ1v) is 11.5. The van der Waals surface area contributed by atoms with E-state index in [9.17, 15) is 4.79 Å². The van der Waals surface area contributed by atoms with Crippen LogP contribution < -0.4 is 11.3 Å². The Morgan fingerprint density at radius 3 is 2.45 bits per heavy atom. The van der Waals surface area contributed by atoms with Crippen molar-refractivity contribution in [3.05, 3.63) is 98.4 Å². The second-order valence-electron chi connectivity index (χ2n) is 7.66. The molecule has 3 aromatic heterocycles. The van der Waals surface area contributed by atoms with Gasteiger partial charge in [0.05, 0.1) is 29.7 Å². The minimum atomic E-state index is -0.313. The number of benzene rings is 2. The maximum Gasteiger partial charge on any atom is 0.275 e. The molecule has 8 nitrogen and oxygen atoms in total. The molecule has 0 aliphatic heterocycles. The topological polar surface area (TPSA) is 105 Å². The van der Waals surface area contributed by atoms with Crippen LogP contribution in [0.15, 0.2) is 78.0 Å². The molecule has 5 rings (SSSR count). The van der Waals surface area contributed by atoms with Crippen LogP contribution in [0.3, 0.4) is 0 Å². The lowest BCUT2D eigenvalue weighted by Gasteiger charge is -2.18. The molecule has 0 aliphatic rings. The Bertz CT molecular complexity index is 1500. The van der Waals surface area contributed by atoms with Crippen LogP contribution in [0, 0.1) is 3.70 Å². The average molecular weight is 549 g/mol. The first-order chi connectivity index (χ1) is 16.0. The van der Waals surface area contributed by atoms with Gasteiger partial charge in [-0.3, -0.25) is 4.79 Å². The molecule has 3 heterocycles. The van der Waals surface area contributed by atoms with Crippen molar-refractivity contribution < 1.29 is 0 Å². The molecule has 2 aromatic carbocycles. The summed E-state index contributed by atoms with van der Waals surface area (Å²) in [5.41, 5.74) is 9.72. The number of rotatable bonds is 5. The molecule has 0 amide bonds. The van der Waals surface area contributed by atoms with Crippen molar-refractivity contribution >= 4 is 39.4 Å². The second kappa shape index (κ2) is 8.74. The molecule has 1 unspecified atom stereocenters. The first-order valence-electron chi connectivity index (χ1n) is 10.4. The van der Waals surface area contributed by atoms with Crippen molar-refractivity contribution in [1.29, 1.82) is 0 Å². The van der Waals surface area contributed by atoms with Gasteiger partial charge in [-0.15, -0.1) is 0 Å². The van der Waals surface area contributed by atoms with E-state index < -0.39 is 0 Å². The molecule has 0 bridgehead atoms. The van der Waals surface area contributed by atoms with E-state index in [1.54, 1.807) is 10.9 Å². The first kappa shape index (κ1) is 21.3. The van der Waals surface area contributed by atoms with Crippen LogP contribution >= 0.6 is 22.6 Å². The zero-order chi connectivity index (χ0) is 22.9. The van der Waals surface area contributed by atoms with Gasteiger partial charge in [-0.25, -0.2) is 19.3 Å².